The van der Waals surface area contributed by atoms with E-state index >= 15 is 0 Å². The second kappa shape index (κ2) is 7.71. The van der Waals surface area contributed by atoms with E-state index in [2.05, 4.69) is 17.6 Å². The summed E-state index contributed by atoms with van der Waals surface area (Å²) < 4.78 is 13.5. The first-order valence-electron chi connectivity index (χ1n) is 11.3. The number of benzene rings is 1. The first-order chi connectivity index (χ1) is 14.8. The number of Topliss-reactive ketones (excluding diaryl/α,β-unsaturated/α-hetero) is 1. The molecule has 0 amide bonds. The van der Waals surface area contributed by atoms with Crippen LogP contribution in [0.2, 0.25) is 0 Å². The third kappa shape index (κ3) is 4.13. The average molecular weight is 428 g/mol. The number of aliphatic hydroxyl groups is 2. The third-order valence-corrected chi connectivity index (χ3v) is 7.25. The Morgan fingerprint density at radius 2 is 1.81 bits per heavy atom. The highest BCUT2D eigenvalue weighted by Gasteiger charge is 2.44. The zero-order valence-electron chi connectivity index (χ0n) is 17.8. The standard InChI is InChI=1S/C24H30FN3O3/c1-24(10-13-6-17(29)7-13)11-19-21(20(31)12-24)22(14-2-4-15(25)5-3-14)28-23(27-19)26-16-8-18(30)9-16/h2-5,13,16-18,22,29-30H,6-12H2,1H3,(H2,26,27,28)/t13?,16?,17?,18?,22-,24-/m0/s1. The highest BCUT2D eigenvalue weighted by atomic mass is 19.1. The number of allylic oxidation sites excluding steroid dienone is 1. The maximum absolute atomic E-state index is 13.5. The Morgan fingerprint density at radius 3 is 2.45 bits per heavy atom. The van der Waals surface area contributed by atoms with E-state index in [4.69, 9.17) is 4.99 Å². The fraction of sp³-hybridized carbons (Fsp3) is 0.583. The molecule has 0 saturated heterocycles. The second-order valence-electron chi connectivity index (χ2n) is 10.2. The SMILES string of the molecule is C[C@@]1(CC2CC(O)C2)CC(=O)C2=C(C1)NC(NC1CC(O)C1)=N[C@H]2c1ccc(F)cc1. The summed E-state index contributed by atoms with van der Waals surface area (Å²) in [6.07, 6.45) is 4.64. The fourth-order valence-corrected chi connectivity index (χ4v) is 5.60. The van der Waals surface area contributed by atoms with Gasteiger partial charge in [-0.3, -0.25) is 4.79 Å². The minimum Gasteiger partial charge on any atom is -0.393 e. The van der Waals surface area contributed by atoms with E-state index in [1.165, 1.54) is 12.1 Å². The van der Waals surface area contributed by atoms with Gasteiger partial charge in [0, 0.05) is 23.7 Å². The summed E-state index contributed by atoms with van der Waals surface area (Å²) in [6.45, 7) is 2.16. The number of carbonyl (C=O) groups is 1. The van der Waals surface area contributed by atoms with Crippen LogP contribution in [0.4, 0.5) is 4.39 Å². The van der Waals surface area contributed by atoms with Crippen molar-refractivity contribution >= 4 is 11.7 Å². The van der Waals surface area contributed by atoms with Crippen LogP contribution in [0.3, 0.4) is 0 Å². The molecule has 1 aromatic rings. The van der Waals surface area contributed by atoms with Crippen molar-refractivity contribution in [1.29, 1.82) is 0 Å². The van der Waals surface area contributed by atoms with Gasteiger partial charge in [-0.25, -0.2) is 9.38 Å². The van der Waals surface area contributed by atoms with Gasteiger partial charge in [0.15, 0.2) is 11.7 Å². The van der Waals surface area contributed by atoms with Crippen LogP contribution in [0.15, 0.2) is 40.5 Å². The van der Waals surface area contributed by atoms with E-state index in [-0.39, 0.29) is 35.3 Å². The highest BCUT2D eigenvalue weighted by molar-refractivity contribution is 6.01. The Hall–Kier alpha value is -2.25. The molecule has 0 unspecified atom stereocenters. The number of hydrogen-bond acceptors (Lipinski definition) is 6. The molecule has 5 rings (SSSR count). The number of rotatable bonds is 4. The lowest BCUT2D eigenvalue weighted by atomic mass is 9.64. The quantitative estimate of drug-likeness (QED) is 0.593. The smallest absolute Gasteiger partial charge is 0.196 e. The first kappa shape index (κ1) is 20.6. The van der Waals surface area contributed by atoms with Crippen LogP contribution in [-0.4, -0.2) is 40.2 Å². The number of aliphatic imine (C=N–C) groups is 1. The van der Waals surface area contributed by atoms with Gasteiger partial charge in [-0.15, -0.1) is 0 Å². The molecule has 1 aromatic carbocycles. The van der Waals surface area contributed by atoms with Crippen molar-refractivity contribution in [2.45, 2.75) is 76.2 Å². The Balaban J connectivity index is 1.43. The molecule has 0 aromatic heterocycles. The van der Waals surface area contributed by atoms with Crippen LogP contribution in [0.5, 0.6) is 0 Å². The monoisotopic (exact) mass is 427 g/mol. The number of carbonyl (C=O) groups excluding carboxylic acids is 1. The van der Waals surface area contributed by atoms with Gasteiger partial charge < -0.3 is 20.8 Å². The number of nitrogens with one attached hydrogen (secondary N) is 2. The van der Waals surface area contributed by atoms with Crippen molar-refractivity contribution in [3.8, 4) is 0 Å². The molecule has 0 bridgehead atoms. The normalized spacial score (nSPS) is 37.2. The summed E-state index contributed by atoms with van der Waals surface area (Å²) in [4.78, 5) is 18.1. The third-order valence-electron chi connectivity index (χ3n) is 7.25. The minimum absolute atomic E-state index is 0.0901. The largest absolute Gasteiger partial charge is 0.393 e. The molecule has 3 aliphatic carbocycles. The molecule has 166 valence electrons. The van der Waals surface area contributed by atoms with Crippen molar-refractivity contribution in [1.82, 2.24) is 10.6 Å². The lowest BCUT2D eigenvalue weighted by molar-refractivity contribution is -0.119. The molecule has 6 nitrogen and oxygen atoms in total. The molecular formula is C24H30FN3O3. The molecule has 4 N–H and O–H groups in total. The summed E-state index contributed by atoms with van der Waals surface area (Å²) in [5, 5.41) is 26.0. The Morgan fingerprint density at radius 1 is 1.13 bits per heavy atom. The Kier molecular flexibility index (Phi) is 5.13. The molecule has 0 radical (unpaired) electrons. The predicted octanol–water partition coefficient (Wildman–Crippen LogP) is 2.72. The van der Waals surface area contributed by atoms with Gasteiger partial charge in [0.05, 0.1) is 12.2 Å². The number of hydrogen-bond donors (Lipinski definition) is 4. The first-order valence-corrected chi connectivity index (χ1v) is 11.3. The molecule has 7 heteroatoms. The number of aliphatic hydroxyl groups excluding tert-OH is 2. The van der Waals surface area contributed by atoms with Gasteiger partial charge in [-0.1, -0.05) is 19.1 Å². The van der Waals surface area contributed by atoms with Gasteiger partial charge >= 0.3 is 0 Å². The van der Waals surface area contributed by atoms with Crippen LogP contribution >= 0.6 is 0 Å². The summed E-state index contributed by atoms with van der Waals surface area (Å²) in [7, 11) is 0. The van der Waals surface area contributed by atoms with E-state index in [9.17, 15) is 19.4 Å². The van der Waals surface area contributed by atoms with Crippen LogP contribution in [-0.2, 0) is 4.79 Å². The number of nitrogens with zero attached hydrogens (tertiary/aromatic N) is 1. The van der Waals surface area contributed by atoms with Crippen molar-refractivity contribution < 1.29 is 19.4 Å². The molecule has 2 fully saturated rings. The topological polar surface area (TPSA) is 94.0 Å². The summed E-state index contributed by atoms with van der Waals surface area (Å²) in [5.41, 5.74) is 2.21. The van der Waals surface area contributed by atoms with Crippen LogP contribution in [0.25, 0.3) is 0 Å². The highest BCUT2D eigenvalue weighted by Crippen LogP contribution is 2.48. The fourth-order valence-electron chi connectivity index (χ4n) is 5.60. The van der Waals surface area contributed by atoms with E-state index in [0.29, 0.717) is 36.7 Å². The predicted molar refractivity (Wildman–Crippen MR) is 115 cm³/mol. The number of guanidine groups is 1. The molecule has 4 aliphatic rings. The maximum Gasteiger partial charge on any atom is 0.196 e. The van der Waals surface area contributed by atoms with Gasteiger partial charge in [-0.2, -0.15) is 0 Å². The summed E-state index contributed by atoms with van der Waals surface area (Å²) >= 11 is 0. The molecule has 31 heavy (non-hydrogen) atoms. The zero-order chi connectivity index (χ0) is 21.8. The molecule has 2 atom stereocenters. The second-order valence-corrected chi connectivity index (χ2v) is 10.2. The van der Waals surface area contributed by atoms with E-state index in [0.717, 1.165) is 36.9 Å². The van der Waals surface area contributed by atoms with Gasteiger partial charge in [0.1, 0.15) is 11.9 Å². The average Bonchev–Trinajstić information content (AvgIpc) is 2.65. The molecule has 1 aliphatic heterocycles. The number of ketones is 1. The van der Waals surface area contributed by atoms with Crippen molar-refractivity contribution in [3.63, 3.8) is 0 Å². The Labute approximate surface area is 181 Å². The van der Waals surface area contributed by atoms with Gasteiger partial charge in [0.2, 0.25) is 0 Å². The lowest BCUT2D eigenvalue weighted by Crippen LogP contribution is -2.53. The number of halogens is 1. The van der Waals surface area contributed by atoms with Crippen LogP contribution in [0, 0.1) is 17.2 Å². The van der Waals surface area contributed by atoms with Crippen molar-refractivity contribution in [2.24, 2.45) is 16.3 Å². The van der Waals surface area contributed by atoms with Crippen LogP contribution < -0.4 is 10.6 Å². The minimum atomic E-state index is -0.466. The molecule has 0 spiro atoms. The summed E-state index contributed by atoms with van der Waals surface area (Å²) in [6, 6.07) is 5.89. The van der Waals surface area contributed by atoms with E-state index < -0.39 is 6.04 Å². The Bertz CT molecular complexity index is 932. The zero-order valence-corrected chi connectivity index (χ0v) is 17.8. The van der Waals surface area contributed by atoms with Crippen molar-refractivity contribution in [2.75, 3.05) is 0 Å². The maximum atomic E-state index is 13.5. The van der Waals surface area contributed by atoms with Gasteiger partial charge in [0.25, 0.3) is 0 Å². The molecule has 1 heterocycles. The van der Waals surface area contributed by atoms with Crippen LogP contribution in [0.1, 0.15) is 63.5 Å². The van der Waals surface area contributed by atoms with E-state index in [1.54, 1.807) is 12.1 Å². The molecule has 2 saturated carbocycles. The van der Waals surface area contributed by atoms with E-state index in [1.807, 2.05) is 0 Å². The lowest BCUT2D eigenvalue weighted by Gasteiger charge is -2.44. The van der Waals surface area contributed by atoms with Gasteiger partial charge in [-0.05, 0) is 67.6 Å². The van der Waals surface area contributed by atoms with Crippen molar-refractivity contribution in [3.05, 3.63) is 46.9 Å². The molecular weight excluding hydrogens is 397 g/mol. The summed E-state index contributed by atoms with van der Waals surface area (Å²) in [5.74, 6) is 0.852.